The summed E-state index contributed by atoms with van der Waals surface area (Å²) in [4.78, 5) is 15.9. The average molecular weight is 381 g/mol. The predicted octanol–water partition coefficient (Wildman–Crippen LogP) is 3.64. The van der Waals surface area contributed by atoms with Gasteiger partial charge in [0, 0.05) is 37.1 Å². The molecule has 2 N–H and O–H groups in total. The van der Waals surface area contributed by atoms with E-state index in [9.17, 15) is 18.0 Å². The van der Waals surface area contributed by atoms with Gasteiger partial charge in [-0.2, -0.15) is 13.2 Å². The van der Waals surface area contributed by atoms with Crippen molar-refractivity contribution in [1.82, 2.24) is 9.88 Å². The summed E-state index contributed by atoms with van der Waals surface area (Å²) in [5.74, 6) is 1.82. The third-order valence-electron chi connectivity index (χ3n) is 5.53. The number of fused-ring (bicyclic) bond motifs is 2. The molecule has 1 aromatic heterocycles. The number of anilines is 1. The molecule has 1 aliphatic heterocycles. The maximum absolute atomic E-state index is 12.4. The summed E-state index contributed by atoms with van der Waals surface area (Å²) >= 11 is 0. The highest BCUT2D eigenvalue weighted by atomic mass is 19.4. The van der Waals surface area contributed by atoms with Crippen molar-refractivity contribution in [2.75, 3.05) is 31.6 Å². The number of carbonyl (C=O) groups excluding carboxylic acids is 1. The lowest BCUT2D eigenvalue weighted by molar-refractivity contribution is -0.145. The van der Waals surface area contributed by atoms with Crippen LogP contribution in [0.3, 0.4) is 0 Å². The second-order valence-electron chi connectivity index (χ2n) is 7.53. The Balaban J connectivity index is 1.27. The molecule has 27 heavy (non-hydrogen) atoms. The molecule has 4 rings (SSSR count). The van der Waals surface area contributed by atoms with Gasteiger partial charge in [0.05, 0.1) is 18.8 Å². The number of halogens is 3. The van der Waals surface area contributed by atoms with E-state index in [4.69, 9.17) is 4.74 Å². The highest BCUT2D eigenvalue weighted by Gasteiger charge is 2.55. The molecule has 1 saturated heterocycles. The van der Waals surface area contributed by atoms with Gasteiger partial charge in [-0.05, 0) is 42.4 Å². The van der Waals surface area contributed by atoms with Gasteiger partial charge in [-0.1, -0.05) is 0 Å². The molecule has 2 heterocycles. The van der Waals surface area contributed by atoms with Crippen molar-refractivity contribution in [3.63, 3.8) is 0 Å². The lowest BCUT2D eigenvalue weighted by Gasteiger charge is -2.20. The summed E-state index contributed by atoms with van der Waals surface area (Å²) < 4.78 is 43.2. The van der Waals surface area contributed by atoms with Gasteiger partial charge in [-0.15, -0.1) is 0 Å². The molecule has 2 fully saturated rings. The van der Waals surface area contributed by atoms with Gasteiger partial charge in [-0.3, -0.25) is 9.69 Å². The van der Waals surface area contributed by atoms with Gasteiger partial charge in [0.25, 0.3) is 0 Å². The molecule has 0 spiro atoms. The van der Waals surface area contributed by atoms with Crippen molar-refractivity contribution < 1.29 is 22.7 Å². The summed E-state index contributed by atoms with van der Waals surface area (Å²) in [6, 6.07) is 5.65. The van der Waals surface area contributed by atoms with Crippen molar-refractivity contribution in [3.05, 3.63) is 24.4 Å². The molecular formula is C19H22F3N3O2. The van der Waals surface area contributed by atoms with Crippen LogP contribution in [0.2, 0.25) is 0 Å². The molecule has 1 aliphatic carbocycles. The quantitative estimate of drug-likeness (QED) is 0.803. The maximum Gasteiger partial charge on any atom is 0.401 e. The fourth-order valence-electron chi connectivity index (χ4n) is 4.34. The van der Waals surface area contributed by atoms with E-state index < -0.39 is 12.7 Å². The first-order valence-corrected chi connectivity index (χ1v) is 9.11. The minimum Gasteiger partial charge on any atom is -0.494 e. The number of piperidine rings is 1. The monoisotopic (exact) mass is 381 g/mol. The van der Waals surface area contributed by atoms with E-state index in [1.54, 1.807) is 6.20 Å². The van der Waals surface area contributed by atoms with E-state index in [0.717, 1.165) is 23.1 Å². The lowest BCUT2D eigenvalue weighted by Crippen LogP contribution is -2.34. The molecule has 1 aromatic carbocycles. The van der Waals surface area contributed by atoms with Crippen molar-refractivity contribution in [2.24, 2.45) is 17.8 Å². The first-order chi connectivity index (χ1) is 12.8. The van der Waals surface area contributed by atoms with E-state index in [2.05, 4.69) is 10.3 Å². The van der Waals surface area contributed by atoms with Crippen LogP contribution < -0.4 is 10.1 Å². The van der Waals surface area contributed by atoms with Crippen LogP contribution in [0.4, 0.5) is 18.9 Å². The number of rotatable bonds is 6. The van der Waals surface area contributed by atoms with Crippen LogP contribution in [0.5, 0.6) is 5.75 Å². The molecule has 2 aromatic rings. The smallest absolute Gasteiger partial charge is 0.401 e. The number of hydrogen-bond acceptors (Lipinski definition) is 3. The van der Waals surface area contributed by atoms with Crippen molar-refractivity contribution in [2.45, 2.75) is 19.5 Å². The number of likely N-dealkylation sites (tertiary alicyclic amines) is 1. The Labute approximate surface area is 154 Å². The number of ether oxygens (including phenoxy) is 1. The second kappa shape index (κ2) is 6.74. The third kappa shape index (κ3) is 4.05. The van der Waals surface area contributed by atoms with Crippen LogP contribution >= 0.6 is 0 Å². The van der Waals surface area contributed by atoms with Gasteiger partial charge in [-0.25, -0.2) is 0 Å². The molecule has 2 aliphatic rings. The number of H-pyrrole nitrogens is 1. The number of alkyl halides is 3. The fraction of sp³-hybridized carbons (Fsp3) is 0.526. The summed E-state index contributed by atoms with van der Waals surface area (Å²) in [5.41, 5.74) is 1.62. The first kappa shape index (κ1) is 18.2. The van der Waals surface area contributed by atoms with Crippen molar-refractivity contribution in [1.29, 1.82) is 0 Å². The number of nitrogens with one attached hydrogen (secondary N) is 2. The lowest BCUT2D eigenvalue weighted by atomic mass is 10.2. The molecule has 0 radical (unpaired) electrons. The number of hydrogen-bond donors (Lipinski definition) is 2. The Kier molecular flexibility index (Phi) is 4.53. The Hall–Kier alpha value is -2.22. The molecule has 5 nitrogen and oxygen atoms in total. The molecule has 0 unspecified atom stereocenters. The van der Waals surface area contributed by atoms with Gasteiger partial charge < -0.3 is 15.0 Å². The molecule has 3 atom stereocenters. The predicted molar refractivity (Wildman–Crippen MR) is 95.7 cm³/mol. The second-order valence-corrected chi connectivity index (χ2v) is 7.53. The third-order valence-corrected chi connectivity index (χ3v) is 5.53. The zero-order valence-electron chi connectivity index (χ0n) is 15.0. The number of aromatic nitrogens is 1. The SMILES string of the molecule is CC(=O)Nc1c[nH]c2ccc(OCC[C@@H]3[C@H]4CN(CC(F)(F)F)C[C@@H]34)cc12. The summed E-state index contributed by atoms with van der Waals surface area (Å²) in [6.07, 6.45) is -1.50. The summed E-state index contributed by atoms with van der Waals surface area (Å²) in [7, 11) is 0. The number of benzene rings is 1. The fourth-order valence-corrected chi connectivity index (χ4v) is 4.34. The maximum atomic E-state index is 12.4. The van der Waals surface area contributed by atoms with E-state index >= 15 is 0 Å². The number of amides is 1. The first-order valence-electron chi connectivity index (χ1n) is 9.11. The largest absolute Gasteiger partial charge is 0.494 e. The van der Waals surface area contributed by atoms with Crippen molar-refractivity contribution >= 4 is 22.5 Å². The van der Waals surface area contributed by atoms with Crippen LogP contribution in [-0.4, -0.2) is 48.2 Å². The van der Waals surface area contributed by atoms with Crippen LogP contribution in [0.25, 0.3) is 10.9 Å². The highest BCUT2D eigenvalue weighted by molar-refractivity contribution is 6.01. The van der Waals surface area contributed by atoms with Gasteiger partial charge in [0.15, 0.2) is 0 Å². The normalized spacial score (nSPS) is 24.8. The minimum absolute atomic E-state index is 0.137. The van der Waals surface area contributed by atoms with Crippen molar-refractivity contribution in [3.8, 4) is 5.75 Å². The van der Waals surface area contributed by atoms with Crippen LogP contribution in [0, 0.1) is 17.8 Å². The van der Waals surface area contributed by atoms with E-state index in [-0.39, 0.29) is 5.91 Å². The number of carbonyl (C=O) groups is 1. The van der Waals surface area contributed by atoms with Gasteiger partial charge in [0.1, 0.15) is 5.75 Å². The van der Waals surface area contributed by atoms with Gasteiger partial charge >= 0.3 is 6.18 Å². The number of aromatic amines is 1. The standard InChI is InChI=1S/C19H22F3N3O2/c1-11(26)24-18-7-23-17-3-2-12(6-14(17)18)27-5-4-13-15-8-25(9-16(13)15)10-19(20,21)22/h2-3,6-7,13,15-16,23H,4-5,8-10H2,1H3,(H,24,26)/t13-,15-,16+. The Morgan fingerprint density at radius 3 is 2.74 bits per heavy atom. The minimum atomic E-state index is -4.11. The zero-order chi connectivity index (χ0) is 19.2. The Morgan fingerprint density at radius 1 is 1.33 bits per heavy atom. The molecule has 146 valence electrons. The topological polar surface area (TPSA) is 57.4 Å². The van der Waals surface area contributed by atoms with Crippen LogP contribution in [0.15, 0.2) is 24.4 Å². The molecule has 1 saturated carbocycles. The van der Waals surface area contributed by atoms with E-state index in [1.165, 1.54) is 11.8 Å². The van der Waals surface area contributed by atoms with Crippen LogP contribution in [0.1, 0.15) is 13.3 Å². The summed E-state index contributed by atoms with van der Waals surface area (Å²) in [5, 5.41) is 3.66. The Bertz CT molecular complexity index is 836. The molecule has 8 heteroatoms. The average Bonchev–Trinajstić information content (AvgIpc) is 2.92. The molecule has 0 bridgehead atoms. The highest BCUT2D eigenvalue weighted by Crippen LogP contribution is 2.53. The van der Waals surface area contributed by atoms with E-state index in [0.29, 0.717) is 43.1 Å². The molecule has 1 amide bonds. The summed E-state index contributed by atoms with van der Waals surface area (Å²) in [6.45, 7) is 2.30. The zero-order valence-corrected chi connectivity index (χ0v) is 15.0. The van der Waals surface area contributed by atoms with Gasteiger partial charge in [0.2, 0.25) is 5.91 Å². The number of nitrogens with zero attached hydrogens (tertiary/aromatic N) is 1. The van der Waals surface area contributed by atoms with E-state index in [1.807, 2.05) is 18.2 Å². The van der Waals surface area contributed by atoms with Crippen LogP contribution in [-0.2, 0) is 4.79 Å². The Morgan fingerprint density at radius 2 is 2.07 bits per heavy atom. The molecular weight excluding hydrogens is 359 g/mol.